The molecule has 0 amide bonds. The fourth-order valence-corrected chi connectivity index (χ4v) is 3.71. The minimum Gasteiger partial charge on any atom is -0.467 e. The summed E-state index contributed by atoms with van der Waals surface area (Å²) in [6, 6.07) is 5.03. The van der Waals surface area contributed by atoms with Gasteiger partial charge < -0.3 is 10.1 Å². The van der Waals surface area contributed by atoms with Gasteiger partial charge in [-0.1, -0.05) is 12.1 Å². The van der Waals surface area contributed by atoms with Crippen molar-refractivity contribution < 1.29 is 13.9 Å². The number of nitrogens with one attached hydrogen (secondary N) is 1. The molecule has 1 N–H and O–H groups in total. The zero-order chi connectivity index (χ0) is 14.9. The number of methoxy groups -OCH3 is 1. The minimum atomic E-state index is -0.821. The number of carbonyl (C=O) groups is 1. The molecule has 1 atom stereocenters. The molecule has 1 aromatic carbocycles. The Bertz CT molecular complexity index is 541. The molecule has 4 nitrogen and oxygen atoms in total. The van der Waals surface area contributed by atoms with Crippen LogP contribution < -0.4 is 5.32 Å². The van der Waals surface area contributed by atoms with E-state index in [2.05, 4.69) is 10.2 Å². The molecule has 0 aromatic heterocycles. The summed E-state index contributed by atoms with van der Waals surface area (Å²) in [6.07, 6.45) is 2.15. The van der Waals surface area contributed by atoms with Crippen LogP contribution in [0.4, 0.5) is 4.39 Å². The van der Waals surface area contributed by atoms with Crippen molar-refractivity contribution in [2.45, 2.75) is 24.8 Å². The van der Waals surface area contributed by atoms with Crippen molar-refractivity contribution in [1.82, 2.24) is 10.2 Å². The van der Waals surface area contributed by atoms with E-state index in [1.54, 1.807) is 6.07 Å². The summed E-state index contributed by atoms with van der Waals surface area (Å²) >= 11 is 0. The maximum absolute atomic E-state index is 14.1. The molecule has 1 saturated heterocycles. The number of hydrogen-bond donors (Lipinski definition) is 1. The zero-order valence-corrected chi connectivity index (χ0v) is 12.3. The van der Waals surface area contributed by atoms with Gasteiger partial charge in [0.1, 0.15) is 11.4 Å². The molecule has 1 aliphatic heterocycles. The summed E-state index contributed by atoms with van der Waals surface area (Å²) in [5, 5.41) is 3.34. The fourth-order valence-electron chi connectivity index (χ4n) is 3.71. The third-order valence-electron chi connectivity index (χ3n) is 4.70. The molecule has 1 heterocycles. The molecule has 2 aliphatic rings. The lowest BCUT2D eigenvalue weighted by Gasteiger charge is -2.39. The van der Waals surface area contributed by atoms with Crippen molar-refractivity contribution in [1.29, 1.82) is 0 Å². The number of carbonyl (C=O) groups excluding carboxylic acids is 1. The van der Waals surface area contributed by atoms with E-state index in [1.807, 2.05) is 6.07 Å². The largest absolute Gasteiger partial charge is 0.467 e. The van der Waals surface area contributed by atoms with Crippen LogP contribution in [0, 0.1) is 5.82 Å². The Kier molecular flexibility index (Phi) is 3.95. The van der Waals surface area contributed by atoms with Crippen molar-refractivity contribution in [3.63, 3.8) is 0 Å². The van der Waals surface area contributed by atoms with Gasteiger partial charge in [-0.2, -0.15) is 0 Å². The molecule has 1 aliphatic carbocycles. The molecular formula is C16H21FN2O2. The molecular weight excluding hydrogens is 271 g/mol. The molecule has 0 saturated carbocycles. The Hall–Kier alpha value is -1.46. The number of ether oxygens (including phenoxy) is 1. The van der Waals surface area contributed by atoms with E-state index in [-0.39, 0.29) is 11.8 Å². The Balaban J connectivity index is 2.08. The van der Waals surface area contributed by atoms with E-state index in [0.29, 0.717) is 18.4 Å². The number of rotatable bonds is 2. The monoisotopic (exact) mass is 292 g/mol. The van der Waals surface area contributed by atoms with Crippen molar-refractivity contribution in [2.75, 3.05) is 33.3 Å². The molecule has 1 aromatic rings. The molecule has 5 heteroatoms. The number of esters is 1. The number of hydrogen-bond acceptors (Lipinski definition) is 4. The minimum absolute atomic E-state index is 0.216. The topological polar surface area (TPSA) is 41.6 Å². The molecule has 1 fully saturated rings. The first-order chi connectivity index (χ1) is 10.2. The highest BCUT2D eigenvalue weighted by molar-refractivity contribution is 5.84. The zero-order valence-electron chi connectivity index (χ0n) is 12.3. The Morgan fingerprint density at radius 2 is 2.24 bits per heavy atom. The van der Waals surface area contributed by atoms with E-state index in [9.17, 15) is 9.18 Å². The smallest absolute Gasteiger partial charge is 0.330 e. The van der Waals surface area contributed by atoms with Gasteiger partial charge in [-0.3, -0.25) is 4.90 Å². The van der Waals surface area contributed by atoms with Crippen molar-refractivity contribution in [3.8, 4) is 0 Å². The Labute approximate surface area is 124 Å². The lowest BCUT2D eigenvalue weighted by molar-refractivity contribution is -0.156. The summed E-state index contributed by atoms with van der Waals surface area (Å²) in [6.45, 7) is 3.37. The average Bonchev–Trinajstić information content (AvgIpc) is 2.70. The second-order valence-electron chi connectivity index (χ2n) is 5.71. The van der Waals surface area contributed by atoms with Gasteiger partial charge in [0, 0.05) is 19.6 Å². The Morgan fingerprint density at radius 1 is 1.38 bits per heavy atom. The molecule has 0 radical (unpaired) electrons. The van der Waals surface area contributed by atoms with Gasteiger partial charge in [0.15, 0.2) is 0 Å². The van der Waals surface area contributed by atoms with Crippen LogP contribution in [0.3, 0.4) is 0 Å². The van der Waals surface area contributed by atoms with Gasteiger partial charge in [0.25, 0.3) is 0 Å². The Morgan fingerprint density at radius 3 is 3.05 bits per heavy atom. The lowest BCUT2D eigenvalue weighted by Crippen LogP contribution is -2.52. The lowest BCUT2D eigenvalue weighted by atomic mass is 9.89. The molecule has 114 valence electrons. The highest BCUT2D eigenvalue weighted by atomic mass is 19.1. The van der Waals surface area contributed by atoms with Crippen LogP contribution in [0.5, 0.6) is 0 Å². The summed E-state index contributed by atoms with van der Waals surface area (Å²) < 4.78 is 19.2. The van der Waals surface area contributed by atoms with E-state index in [4.69, 9.17) is 4.74 Å². The van der Waals surface area contributed by atoms with Crippen molar-refractivity contribution >= 4 is 5.97 Å². The average molecular weight is 292 g/mol. The van der Waals surface area contributed by atoms with Crippen LogP contribution >= 0.6 is 0 Å². The van der Waals surface area contributed by atoms with Crippen LogP contribution in [0.25, 0.3) is 0 Å². The van der Waals surface area contributed by atoms with E-state index < -0.39 is 5.54 Å². The normalized spacial score (nSPS) is 26.2. The number of halogens is 1. The standard InChI is InChI=1S/C16H21FN2O2/c1-21-15(20)16(19-10-3-8-18-9-11-19)7-6-12-13(16)4-2-5-14(12)17/h2,4-5,18H,3,6-11H2,1H3. The van der Waals surface area contributed by atoms with Crippen molar-refractivity contribution in [2.24, 2.45) is 0 Å². The quantitative estimate of drug-likeness (QED) is 0.838. The van der Waals surface area contributed by atoms with Crippen LogP contribution in [0.15, 0.2) is 18.2 Å². The van der Waals surface area contributed by atoms with E-state index in [0.717, 1.165) is 38.2 Å². The second kappa shape index (κ2) is 5.73. The predicted molar refractivity (Wildman–Crippen MR) is 77.5 cm³/mol. The third-order valence-corrected chi connectivity index (χ3v) is 4.70. The highest BCUT2D eigenvalue weighted by Gasteiger charge is 2.51. The van der Waals surface area contributed by atoms with Gasteiger partial charge in [0.05, 0.1) is 7.11 Å². The SMILES string of the molecule is COC(=O)C1(N2CCCNCC2)CCc2c(F)cccc21. The molecule has 1 unspecified atom stereocenters. The summed E-state index contributed by atoms with van der Waals surface area (Å²) in [4.78, 5) is 14.8. The first kappa shape index (κ1) is 14.5. The number of benzene rings is 1. The van der Waals surface area contributed by atoms with Crippen LogP contribution in [-0.4, -0.2) is 44.2 Å². The van der Waals surface area contributed by atoms with Gasteiger partial charge in [-0.25, -0.2) is 9.18 Å². The van der Waals surface area contributed by atoms with Gasteiger partial charge in [-0.05, 0) is 43.0 Å². The van der Waals surface area contributed by atoms with Gasteiger partial charge in [-0.15, -0.1) is 0 Å². The summed E-state index contributed by atoms with van der Waals surface area (Å²) in [7, 11) is 1.41. The summed E-state index contributed by atoms with van der Waals surface area (Å²) in [5.74, 6) is -0.486. The van der Waals surface area contributed by atoms with Crippen LogP contribution in [0.1, 0.15) is 24.0 Å². The highest BCUT2D eigenvalue weighted by Crippen LogP contribution is 2.43. The van der Waals surface area contributed by atoms with Gasteiger partial charge >= 0.3 is 5.97 Å². The molecule has 3 rings (SSSR count). The molecule has 0 bridgehead atoms. The number of fused-ring (bicyclic) bond motifs is 1. The first-order valence-electron chi connectivity index (χ1n) is 7.52. The summed E-state index contributed by atoms with van der Waals surface area (Å²) in [5.41, 5.74) is 0.634. The second-order valence-corrected chi connectivity index (χ2v) is 5.71. The predicted octanol–water partition coefficient (Wildman–Crippen LogP) is 1.44. The maximum Gasteiger partial charge on any atom is 0.330 e. The maximum atomic E-state index is 14.1. The molecule has 21 heavy (non-hydrogen) atoms. The van der Waals surface area contributed by atoms with E-state index in [1.165, 1.54) is 13.2 Å². The fraction of sp³-hybridized carbons (Fsp3) is 0.562. The van der Waals surface area contributed by atoms with Gasteiger partial charge in [0.2, 0.25) is 0 Å². The van der Waals surface area contributed by atoms with Crippen molar-refractivity contribution in [3.05, 3.63) is 35.1 Å². The van der Waals surface area contributed by atoms with Crippen LogP contribution in [0.2, 0.25) is 0 Å². The van der Waals surface area contributed by atoms with E-state index >= 15 is 0 Å². The third kappa shape index (κ3) is 2.24. The first-order valence-corrected chi connectivity index (χ1v) is 7.52. The van der Waals surface area contributed by atoms with Crippen LogP contribution in [-0.2, 0) is 21.5 Å². The molecule has 0 spiro atoms. The number of nitrogens with zero attached hydrogens (tertiary/aromatic N) is 1.